The van der Waals surface area contributed by atoms with E-state index in [4.69, 9.17) is 4.74 Å². The van der Waals surface area contributed by atoms with E-state index in [1.54, 1.807) is 6.92 Å². The Balaban J connectivity index is 2.14. The highest BCUT2D eigenvalue weighted by molar-refractivity contribution is 7.16. The SMILES string of the molecule is C[C@H](O)c1cc([N+](=O)[O-])c(N(C)CC2CCCOC2)s1. The molecule has 2 atom stereocenters. The number of rotatable bonds is 5. The number of ether oxygens (including phenoxy) is 1. The summed E-state index contributed by atoms with van der Waals surface area (Å²) in [5.74, 6) is 0.408. The molecule has 0 saturated carbocycles. The summed E-state index contributed by atoms with van der Waals surface area (Å²) in [7, 11) is 1.86. The van der Waals surface area contributed by atoms with E-state index in [1.807, 2.05) is 11.9 Å². The highest BCUT2D eigenvalue weighted by Gasteiger charge is 2.25. The monoisotopic (exact) mass is 300 g/mol. The molecule has 0 aliphatic carbocycles. The van der Waals surface area contributed by atoms with E-state index in [1.165, 1.54) is 17.4 Å². The van der Waals surface area contributed by atoms with Crippen LogP contribution in [0.4, 0.5) is 10.7 Å². The van der Waals surface area contributed by atoms with Gasteiger partial charge in [0, 0.05) is 31.1 Å². The smallest absolute Gasteiger partial charge is 0.304 e. The highest BCUT2D eigenvalue weighted by Crippen LogP contribution is 2.40. The van der Waals surface area contributed by atoms with E-state index in [9.17, 15) is 15.2 Å². The second kappa shape index (κ2) is 6.51. The Labute approximate surface area is 122 Å². The number of aliphatic hydroxyl groups excluding tert-OH is 1. The molecule has 0 bridgehead atoms. The molecule has 112 valence electrons. The predicted octanol–water partition coefficient (Wildman–Crippen LogP) is 2.57. The van der Waals surface area contributed by atoms with E-state index in [2.05, 4.69) is 0 Å². The lowest BCUT2D eigenvalue weighted by Gasteiger charge is -2.27. The fourth-order valence-electron chi connectivity index (χ4n) is 2.42. The summed E-state index contributed by atoms with van der Waals surface area (Å²) < 4.78 is 5.44. The Hall–Kier alpha value is -1.18. The van der Waals surface area contributed by atoms with Gasteiger partial charge in [-0.1, -0.05) is 0 Å². The van der Waals surface area contributed by atoms with Crippen LogP contribution in [-0.2, 0) is 4.74 Å². The van der Waals surface area contributed by atoms with Crippen LogP contribution in [0.3, 0.4) is 0 Å². The van der Waals surface area contributed by atoms with E-state index in [-0.39, 0.29) is 10.6 Å². The average Bonchev–Trinajstić information content (AvgIpc) is 2.85. The molecule has 6 nitrogen and oxygen atoms in total. The summed E-state index contributed by atoms with van der Waals surface area (Å²) in [5, 5.41) is 21.3. The van der Waals surface area contributed by atoms with E-state index < -0.39 is 6.10 Å². The van der Waals surface area contributed by atoms with Gasteiger partial charge in [0.2, 0.25) is 0 Å². The van der Waals surface area contributed by atoms with E-state index in [0.29, 0.717) is 22.4 Å². The summed E-state index contributed by atoms with van der Waals surface area (Å²) in [4.78, 5) is 13.3. The van der Waals surface area contributed by atoms with Crippen molar-refractivity contribution in [2.24, 2.45) is 5.92 Å². The molecule has 0 radical (unpaired) electrons. The minimum atomic E-state index is -0.682. The zero-order valence-corrected chi connectivity index (χ0v) is 12.6. The van der Waals surface area contributed by atoms with Gasteiger partial charge in [-0.3, -0.25) is 10.1 Å². The quantitative estimate of drug-likeness (QED) is 0.668. The van der Waals surface area contributed by atoms with Crippen molar-refractivity contribution >= 4 is 22.0 Å². The number of aliphatic hydroxyl groups is 1. The first-order valence-corrected chi connectivity index (χ1v) is 7.55. The average molecular weight is 300 g/mol. The maximum absolute atomic E-state index is 11.1. The molecule has 1 saturated heterocycles. The summed E-state index contributed by atoms with van der Waals surface area (Å²) >= 11 is 1.29. The molecule has 1 aliphatic heterocycles. The molecule has 1 aliphatic rings. The summed E-state index contributed by atoms with van der Waals surface area (Å²) in [6.07, 6.45) is 1.45. The molecular weight excluding hydrogens is 280 g/mol. The first-order chi connectivity index (χ1) is 9.49. The van der Waals surface area contributed by atoms with Crippen molar-refractivity contribution in [1.82, 2.24) is 0 Å². The van der Waals surface area contributed by atoms with Gasteiger partial charge >= 0.3 is 5.69 Å². The zero-order valence-electron chi connectivity index (χ0n) is 11.7. The fraction of sp³-hybridized carbons (Fsp3) is 0.692. The van der Waals surface area contributed by atoms with Gasteiger partial charge in [0.25, 0.3) is 0 Å². The van der Waals surface area contributed by atoms with Gasteiger partial charge in [0.1, 0.15) is 0 Å². The first kappa shape index (κ1) is 15.2. The number of nitro groups is 1. The number of nitrogens with zero attached hydrogens (tertiary/aromatic N) is 2. The van der Waals surface area contributed by atoms with Crippen molar-refractivity contribution < 1.29 is 14.8 Å². The Kier molecular flexibility index (Phi) is 4.95. The molecule has 7 heteroatoms. The molecule has 1 N–H and O–H groups in total. The van der Waals surface area contributed by atoms with E-state index >= 15 is 0 Å². The molecule has 0 amide bonds. The molecule has 20 heavy (non-hydrogen) atoms. The van der Waals surface area contributed by atoms with Crippen LogP contribution in [0, 0.1) is 16.0 Å². The van der Waals surface area contributed by atoms with Gasteiger partial charge < -0.3 is 14.7 Å². The maximum Gasteiger partial charge on any atom is 0.304 e. The highest BCUT2D eigenvalue weighted by atomic mass is 32.1. The summed E-state index contributed by atoms with van der Waals surface area (Å²) in [6, 6.07) is 1.47. The van der Waals surface area contributed by atoms with Crippen molar-refractivity contribution in [3.63, 3.8) is 0 Å². The molecule has 1 aromatic heterocycles. The number of hydrogen-bond donors (Lipinski definition) is 1. The van der Waals surface area contributed by atoms with Crippen molar-refractivity contribution in [2.75, 3.05) is 31.7 Å². The van der Waals surface area contributed by atoms with Crippen molar-refractivity contribution in [3.05, 3.63) is 21.1 Å². The minimum Gasteiger partial charge on any atom is -0.388 e. The molecule has 0 aromatic carbocycles. The third kappa shape index (κ3) is 3.47. The molecular formula is C13H20N2O4S. The summed E-state index contributed by atoms with van der Waals surface area (Å²) in [5.41, 5.74) is 0.0742. The lowest BCUT2D eigenvalue weighted by atomic mass is 10.0. The third-order valence-electron chi connectivity index (χ3n) is 3.45. The van der Waals surface area contributed by atoms with Gasteiger partial charge in [-0.2, -0.15) is 0 Å². The number of anilines is 1. The molecule has 0 spiro atoms. The summed E-state index contributed by atoms with van der Waals surface area (Å²) in [6.45, 7) is 3.88. The Morgan fingerprint density at radius 2 is 2.45 bits per heavy atom. The standard InChI is InChI=1S/C13H20N2O4S/c1-9(16)12-6-11(15(17)18)13(20-12)14(2)7-10-4-3-5-19-8-10/h6,9-10,16H,3-5,7-8H2,1-2H3/t9-,10?/m0/s1. The van der Waals surface area contributed by atoms with Crippen LogP contribution < -0.4 is 4.90 Å². The Morgan fingerprint density at radius 3 is 3.00 bits per heavy atom. The van der Waals surface area contributed by atoms with Crippen molar-refractivity contribution in [2.45, 2.75) is 25.9 Å². The van der Waals surface area contributed by atoms with Crippen LogP contribution in [0.5, 0.6) is 0 Å². The lowest BCUT2D eigenvalue weighted by molar-refractivity contribution is -0.383. The lowest BCUT2D eigenvalue weighted by Crippen LogP contribution is -2.30. The van der Waals surface area contributed by atoms with E-state index in [0.717, 1.165) is 26.0 Å². The second-order valence-electron chi connectivity index (χ2n) is 5.24. The fourth-order valence-corrected chi connectivity index (χ4v) is 3.45. The molecule has 1 aromatic rings. The van der Waals surface area contributed by atoms with Crippen LogP contribution in [0.25, 0.3) is 0 Å². The normalized spacial score (nSPS) is 20.6. The third-order valence-corrected chi connectivity index (χ3v) is 4.86. The zero-order chi connectivity index (χ0) is 14.7. The van der Waals surface area contributed by atoms with Gasteiger partial charge in [-0.25, -0.2) is 0 Å². The molecule has 2 heterocycles. The van der Waals surface area contributed by atoms with Crippen molar-refractivity contribution in [3.8, 4) is 0 Å². The van der Waals surface area contributed by atoms with Crippen molar-refractivity contribution in [1.29, 1.82) is 0 Å². The first-order valence-electron chi connectivity index (χ1n) is 6.74. The van der Waals surface area contributed by atoms with Gasteiger partial charge in [0.05, 0.1) is 17.6 Å². The van der Waals surface area contributed by atoms with Gasteiger partial charge in [-0.15, -0.1) is 11.3 Å². The van der Waals surface area contributed by atoms with Crippen LogP contribution >= 0.6 is 11.3 Å². The van der Waals surface area contributed by atoms with Crippen LogP contribution in [0.1, 0.15) is 30.7 Å². The largest absolute Gasteiger partial charge is 0.388 e. The van der Waals surface area contributed by atoms with Crippen LogP contribution in [0.15, 0.2) is 6.07 Å². The number of hydrogen-bond acceptors (Lipinski definition) is 6. The Bertz CT molecular complexity index is 469. The van der Waals surface area contributed by atoms with Crippen LogP contribution in [0.2, 0.25) is 0 Å². The molecule has 1 unspecified atom stereocenters. The van der Waals surface area contributed by atoms with Crippen LogP contribution in [-0.4, -0.2) is 36.8 Å². The number of thiophene rings is 1. The topological polar surface area (TPSA) is 75.8 Å². The Morgan fingerprint density at radius 1 is 1.70 bits per heavy atom. The predicted molar refractivity (Wildman–Crippen MR) is 78.4 cm³/mol. The van der Waals surface area contributed by atoms with Gasteiger partial charge in [0.15, 0.2) is 5.00 Å². The molecule has 1 fully saturated rings. The maximum atomic E-state index is 11.1. The molecule has 2 rings (SSSR count). The van der Waals surface area contributed by atoms with Gasteiger partial charge in [-0.05, 0) is 25.7 Å². The minimum absolute atomic E-state index is 0.0742. The second-order valence-corrected chi connectivity index (χ2v) is 6.30.